The molecule has 0 radical (unpaired) electrons. The zero-order valence-electron chi connectivity index (χ0n) is 7.91. The number of hydrogen-bond donors (Lipinski definition) is 0. The Bertz CT molecular complexity index is 353. The largest absolute Gasteiger partial charge is 0.197 e. The van der Waals surface area contributed by atoms with Gasteiger partial charge in [-0.05, 0) is 36.5 Å². The highest BCUT2D eigenvalue weighted by atomic mass is 79.9. The molecule has 0 bridgehead atoms. The molecule has 72 valence electrons. The molecule has 0 aliphatic heterocycles. The van der Waals surface area contributed by atoms with E-state index >= 15 is 0 Å². The van der Waals surface area contributed by atoms with Gasteiger partial charge in [-0.25, -0.2) is 0 Å². The Morgan fingerprint density at radius 2 is 2.21 bits per heavy atom. The Hall–Kier alpha value is -0.810. The predicted molar refractivity (Wildman–Crippen MR) is 60.7 cm³/mol. The van der Waals surface area contributed by atoms with Crippen molar-refractivity contribution in [2.75, 3.05) is 0 Å². The second-order valence-corrected chi connectivity index (χ2v) is 4.76. The van der Waals surface area contributed by atoms with E-state index in [1.807, 2.05) is 12.2 Å². The highest BCUT2D eigenvalue weighted by Crippen LogP contribution is 2.32. The van der Waals surface area contributed by atoms with Crippen LogP contribution in [-0.2, 0) is 0 Å². The summed E-state index contributed by atoms with van der Waals surface area (Å²) in [7, 11) is 0. The molecular weight excluding hydrogens is 238 g/mol. The van der Waals surface area contributed by atoms with Crippen LogP contribution in [0.1, 0.15) is 19.3 Å². The van der Waals surface area contributed by atoms with Gasteiger partial charge in [0.15, 0.2) is 0 Å². The molecule has 0 aromatic rings. The molecule has 0 aromatic carbocycles. The standard InChI is InChI=1S/C12H12BrN/c13-12-5-4-10(11(7-12)8-14)6-9-2-1-3-9/h4-7,9,11H,1-3H2. The minimum atomic E-state index is -0.0602. The smallest absolute Gasteiger partial charge is 0.0904 e. The lowest BCUT2D eigenvalue weighted by Gasteiger charge is -2.24. The van der Waals surface area contributed by atoms with Gasteiger partial charge in [0, 0.05) is 4.48 Å². The Morgan fingerprint density at radius 3 is 2.79 bits per heavy atom. The first-order valence-corrected chi connectivity index (χ1v) is 5.75. The van der Waals surface area contributed by atoms with E-state index in [1.165, 1.54) is 24.8 Å². The first-order valence-electron chi connectivity index (χ1n) is 4.96. The van der Waals surface area contributed by atoms with Crippen LogP contribution < -0.4 is 0 Å². The van der Waals surface area contributed by atoms with E-state index in [2.05, 4.69) is 34.2 Å². The summed E-state index contributed by atoms with van der Waals surface area (Å²) in [6.45, 7) is 0. The molecule has 0 saturated heterocycles. The Morgan fingerprint density at radius 1 is 1.43 bits per heavy atom. The Kier molecular flexibility index (Phi) is 2.88. The molecule has 2 aliphatic carbocycles. The van der Waals surface area contributed by atoms with E-state index in [0.717, 1.165) is 10.4 Å². The van der Waals surface area contributed by atoms with E-state index in [-0.39, 0.29) is 5.92 Å². The SMILES string of the molecule is N#CC1C=C(Br)C=CC1=CC1CCC1. The van der Waals surface area contributed by atoms with Gasteiger partial charge in [-0.15, -0.1) is 0 Å². The van der Waals surface area contributed by atoms with Crippen molar-refractivity contribution in [1.82, 2.24) is 0 Å². The summed E-state index contributed by atoms with van der Waals surface area (Å²) in [6, 6.07) is 2.31. The molecule has 0 heterocycles. The number of allylic oxidation sites excluding steroid dienone is 6. The van der Waals surface area contributed by atoms with E-state index in [4.69, 9.17) is 5.26 Å². The average Bonchev–Trinajstić information content (AvgIpc) is 2.13. The van der Waals surface area contributed by atoms with Crippen molar-refractivity contribution >= 4 is 15.9 Å². The monoisotopic (exact) mass is 249 g/mol. The van der Waals surface area contributed by atoms with E-state index < -0.39 is 0 Å². The van der Waals surface area contributed by atoms with E-state index in [0.29, 0.717) is 0 Å². The maximum atomic E-state index is 8.99. The van der Waals surface area contributed by atoms with Crippen LogP contribution in [0.5, 0.6) is 0 Å². The first-order chi connectivity index (χ1) is 6.79. The van der Waals surface area contributed by atoms with Crippen molar-refractivity contribution in [2.24, 2.45) is 11.8 Å². The average molecular weight is 250 g/mol. The predicted octanol–water partition coefficient (Wildman–Crippen LogP) is 3.70. The van der Waals surface area contributed by atoms with Gasteiger partial charge in [-0.2, -0.15) is 5.26 Å². The first kappa shape index (κ1) is 9.73. The van der Waals surface area contributed by atoms with Gasteiger partial charge in [0.05, 0.1) is 12.0 Å². The van der Waals surface area contributed by atoms with Gasteiger partial charge < -0.3 is 0 Å². The molecule has 2 heteroatoms. The molecule has 0 N–H and O–H groups in total. The highest BCUT2D eigenvalue weighted by Gasteiger charge is 2.19. The van der Waals surface area contributed by atoms with Crippen LogP contribution >= 0.6 is 15.9 Å². The lowest BCUT2D eigenvalue weighted by atomic mass is 9.81. The van der Waals surface area contributed by atoms with Crippen molar-refractivity contribution in [1.29, 1.82) is 5.26 Å². The highest BCUT2D eigenvalue weighted by molar-refractivity contribution is 9.11. The van der Waals surface area contributed by atoms with Crippen molar-refractivity contribution in [3.05, 3.63) is 34.4 Å². The summed E-state index contributed by atoms with van der Waals surface area (Å²) in [6.07, 6.45) is 12.2. The zero-order chi connectivity index (χ0) is 9.97. The summed E-state index contributed by atoms with van der Waals surface area (Å²) in [4.78, 5) is 0. The maximum Gasteiger partial charge on any atom is 0.0904 e. The summed E-state index contributed by atoms with van der Waals surface area (Å²) >= 11 is 3.39. The van der Waals surface area contributed by atoms with E-state index in [1.54, 1.807) is 0 Å². The molecule has 2 rings (SSSR count). The molecule has 1 saturated carbocycles. The molecule has 1 unspecified atom stereocenters. The van der Waals surface area contributed by atoms with Crippen molar-refractivity contribution in [3.8, 4) is 6.07 Å². The van der Waals surface area contributed by atoms with Gasteiger partial charge >= 0.3 is 0 Å². The number of nitriles is 1. The summed E-state index contributed by atoms with van der Waals surface area (Å²) in [5, 5.41) is 8.99. The summed E-state index contributed by atoms with van der Waals surface area (Å²) in [5.41, 5.74) is 1.17. The number of hydrogen-bond acceptors (Lipinski definition) is 1. The van der Waals surface area contributed by atoms with E-state index in [9.17, 15) is 0 Å². The van der Waals surface area contributed by atoms with Gasteiger partial charge in [-0.1, -0.05) is 34.5 Å². The minimum absolute atomic E-state index is 0.0602. The molecule has 1 nitrogen and oxygen atoms in total. The molecule has 0 amide bonds. The normalized spacial score (nSPS) is 29.6. The second-order valence-electron chi connectivity index (χ2n) is 3.85. The van der Waals surface area contributed by atoms with Crippen LogP contribution in [0.15, 0.2) is 34.4 Å². The number of nitrogens with zero attached hydrogens (tertiary/aromatic N) is 1. The number of rotatable bonds is 1. The fraction of sp³-hybridized carbons (Fsp3) is 0.417. The molecular formula is C12H12BrN. The lowest BCUT2D eigenvalue weighted by Crippen LogP contribution is -2.10. The summed E-state index contributed by atoms with van der Waals surface area (Å²) in [5.74, 6) is 0.658. The Labute approximate surface area is 92.9 Å². The van der Waals surface area contributed by atoms with Crippen LogP contribution in [0.4, 0.5) is 0 Å². The van der Waals surface area contributed by atoms with Crippen LogP contribution in [0.3, 0.4) is 0 Å². The molecule has 1 fully saturated rings. The molecule has 1 atom stereocenters. The van der Waals surface area contributed by atoms with Crippen molar-refractivity contribution in [2.45, 2.75) is 19.3 Å². The number of halogens is 1. The third-order valence-electron chi connectivity index (χ3n) is 2.84. The van der Waals surface area contributed by atoms with Crippen LogP contribution in [-0.4, -0.2) is 0 Å². The fourth-order valence-electron chi connectivity index (χ4n) is 1.74. The quantitative estimate of drug-likeness (QED) is 0.696. The molecule has 2 aliphatic rings. The van der Waals surface area contributed by atoms with Crippen molar-refractivity contribution < 1.29 is 0 Å². The van der Waals surface area contributed by atoms with Crippen molar-refractivity contribution in [3.63, 3.8) is 0 Å². The summed E-state index contributed by atoms with van der Waals surface area (Å²) < 4.78 is 1.01. The Balaban J connectivity index is 2.16. The van der Waals surface area contributed by atoms with Gasteiger partial charge in [0.25, 0.3) is 0 Å². The molecule has 0 aromatic heterocycles. The van der Waals surface area contributed by atoms with Crippen LogP contribution in [0.25, 0.3) is 0 Å². The zero-order valence-corrected chi connectivity index (χ0v) is 9.50. The van der Waals surface area contributed by atoms with Gasteiger partial charge in [0.2, 0.25) is 0 Å². The maximum absolute atomic E-state index is 8.99. The second kappa shape index (κ2) is 4.14. The van der Waals surface area contributed by atoms with Gasteiger partial charge in [-0.3, -0.25) is 0 Å². The lowest BCUT2D eigenvalue weighted by molar-refractivity contribution is 0.385. The van der Waals surface area contributed by atoms with Crippen LogP contribution in [0, 0.1) is 23.2 Å². The third-order valence-corrected chi connectivity index (χ3v) is 3.37. The third kappa shape index (κ3) is 1.99. The fourth-order valence-corrected chi connectivity index (χ4v) is 2.14. The molecule has 14 heavy (non-hydrogen) atoms. The minimum Gasteiger partial charge on any atom is -0.197 e. The topological polar surface area (TPSA) is 23.8 Å². The van der Waals surface area contributed by atoms with Gasteiger partial charge in [0.1, 0.15) is 0 Å². The molecule has 0 spiro atoms. The van der Waals surface area contributed by atoms with Crippen LogP contribution in [0.2, 0.25) is 0 Å².